The van der Waals surface area contributed by atoms with Crippen molar-refractivity contribution in [2.24, 2.45) is 0 Å². The van der Waals surface area contributed by atoms with E-state index in [1.807, 2.05) is 0 Å². The molecule has 0 fully saturated rings. The summed E-state index contributed by atoms with van der Waals surface area (Å²) in [6.45, 7) is 3.31. The van der Waals surface area contributed by atoms with Crippen molar-refractivity contribution in [3.05, 3.63) is 12.7 Å². The maximum atomic E-state index is 7.76. The first-order valence-electron chi connectivity index (χ1n) is 1.13. The van der Waals surface area contributed by atoms with E-state index in [1.54, 1.807) is 0 Å². The van der Waals surface area contributed by atoms with Crippen LogP contribution in [0.5, 0.6) is 0 Å². The quantitative estimate of drug-likeness (QED) is 0.260. The van der Waals surface area contributed by atoms with Crippen LogP contribution >= 0.6 is 0 Å². The Morgan fingerprint density at radius 3 is 2.20 bits per heavy atom. The van der Waals surface area contributed by atoms with Crippen molar-refractivity contribution in [3.8, 4) is 0 Å². The Hall–Kier alpha value is 0.297. The van der Waals surface area contributed by atoms with Gasteiger partial charge in [0.25, 0.3) is 0 Å². The van der Waals surface area contributed by atoms with E-state index in [2.05, 4.69) is 6.58 Å². The van der Waals surface area contributed by atoms with Crippen LogP contribution in [0.2, 0.25) is 0 Å². The summed E-state index contributed by atoms with van der Waals surface area (Å²) in [5.41, 5.74) is 0. The molecule has 1 nitrogen and oxygen atoms in total. The van der Waals surface area contributed by atoms with E-state index in [1.165, 1.54) is 6.08 Å². The van der Waals surface area contributed by atoms with Gasteiger partial charge in [-0.3, -0.25) is 0 Å². The molecular formula is C3H7LiO. The molecule has 0 unspecified atom stereocenters. The van der Waals surface area contributed by atoms with E-state index in [0.29, 0.717) is 0 Å². The number of hydrogen-bond acceptors (Lipinski definition) is 1. The largest absolute Gasteiger partial charge is 1.00 e. The van der Waals surface area contributed by atoms with Crippen molar-refractivity contribution in [1.29, 1.82) is 0 Å². The molecule has 0 aromatic rings. The van der Waals surface area contributed by atoms with Crippen molar-refractivity contribution < 1.29 is 25.4 Å². The first-order chi connectivity index (χ1) is 1.91. The Kier molecular flexibility index (Phi) is 15.9. The van der Waals surface area contributed by atoms with Gasteiger partial charge >= 0.3 is 18.9 Å². The standard InChI is InChI=1S/C3H6O.Li.H/c1-2-3-4;;/h2,4H,1,3H2;;/q;+1;-1. The summed E-state index contributed by atoms with van der Waals surface area (Å²) in [4.78, 5) is 0. The third-order valence-electron chi connectivity index (χ3n) is 0.129. The predicted octanol–water partition coefficient (Wildman–Crippen LogP) is -2.72. The van der Waals surface area contributed by atoms with Crippen molar-refractivity contribution in [1.82, 2.24) is 0 Å². The number of aliphatic hydroxyl groups excluding tert-OH is 1. The van der Waals surface area contributed by atoms with Crippen molar-refractivity contribution in [2.75, 3.05) is 6.61 Å². The molecule has 0 heterocycles. The molecule has 0 saturated heterocycles. The topological polar surface area (TPSA) is 20.2 Å². The van der Waals surface area contributed by atoms with Crippen molar-refractivity contribution >= 4 is 0 Å². The average molecular weight is 66.0 g/mol. The Morgan fingerprint density at radius 2 is 2.20 bits per heavy atom. The van der Waals surface area contributed by atoms with Gasteiger partial charge in [0.05, 0.1) is 6.61 Å². The summed E-state index contributed by atoms with van der Waals surface area (Å²) in [6, 6.07) is 0. The molecular weight excluding hydrogens is 59.0 g/mol. The number of aliphatic hydroxyl groups is 1. The van der Waals surface area contributed by atoms with Crippen molar-refractivity contribution in [3.63, 3.8) is 0 Å². The summed E-state index contributed by atoms with van der Waals surface area (Å²) in [6.07, 6.45) is 1.43. The molecule has 0 aromatic heterocycles. The van der Waals surface area contributed by atoms with Crippen LogP contribution in [-0.4, -0.2) is 11.7 Å². The zero-order chi connectivity index (χ0) is 3.41. The van der Waals surface area contributed by atoms with Gasteiger partial charge in [-0.1, -0.05) is 6.08 Å². The molecule has 2 heteroatoms. The molecule has 26 valence electrons. The SMILES string of the molecule is C=CCO.[H-].[Li+]. The minimum atomic E-state index is 0. The van der Waals surface area contributed by atoms with Gasteiger partial charge in [0.1, 0.15) is 0 Å². The zero-order valence-electron chi connectivity index (χ0n) is 4.44. The van der Waals surface area contributed by atoms with Gasteiger partial charge in [-0.15, -0.1) is 6.58 Å². The molecule has 0 radical (unpaired) electrons. The molecule has 0 saturated carbocycles. The number of rotatable bonds is 1. The molecule has 0 aliphatic heterocycles. The van der Waals surface area contributed by atoms with Crippen LogP contribution < -0.4 is 18.9 Å². The second-order valence-corrected chi connectivity index (χ2v) is 0.471. The fourth-order valence-electron chi connectivity index (χ4n) is 0. The van der Waals surface area contributed by atoms with E-state index in [-0.39, 0.29) is 26.9 Å². The molecule has 0 atom stereocenters. The van der Waals surface area contributed by atoms with Crippen LogP contribution in [0.1, 0.15) is 1.43 Å². The van der Waals surface area contributed by atoms with E-state index in [0.717, 1.165) is 0 Å². The molecule has 0 aliphatic carbocycles. The summed E-state index contributed by atoms with van der Waals surface area (Å²) in [5, 5.41) is 7.76. The van der Waals surface area contributed by atoms with E-state index in [9.17, 15) is 0 Å². The van der Waals surface area contributed by atoms with Crippen LogP contribution in [0.25, 0.3) is 0 Å². The molecule has 1 N–H and O–H groups in total. The fraction of sp³-hybridized carbons (Fsp3) is 0.333. The molecule has 0 aliphatic rings. The first-order valence-corrected chi connectivity index (χ1v) is 1.13. The summed E-state index contributed by atoms with van der Waals surface area (Å²) >= 11 is 0. The minimum Gasteiger partial charge on any atom is -1.00 e. The summed E-state index contributed by atoms with van der Waals surface area (Å²) in [5.74, 6) is 0. The van der Waals surface area contributed by atoms with Crippen LogP contribution in [0.4, 0.5) is 0 Å². The first kappa shape index (κ1) is 9.00. The summed E-state index contributed by atoms with van der Waals surface area (Å²) in [7, 11) is 0. The van der Waals surface area contributed by atoms with Gasteiger partial charge in [0, 0.05) is 0 Å². The third-order valence-corrected chi connectivity index (χ3v) is 0.129. The molecule has 0 rings (SSSR count). The molecule has 0 aromatic carbocycles. The van der Waals surface area contributed by atoms with E-state index < -0.39 is 0 Å². The molecule has 0 amide bonds. The Labute approximate surface area is 45.4 Å². The van der Waals surface area contributed by atoms with Gasteiger partial charge in [0.2, 0.25) is 0 Å². The molecule has 0 spiro atoms. The minimum absolute atomic E-state index is 0. The maximum Gasteiger partial charge on any atom is 1.00 e. The van der Waals surface area contributed by atoms with Gasteiger partial charge in [0.15, 0.2) is 0 Å². The smallest absolute Gasteiger partial charge is 1.00 e. The van der Waals surface area contributed by atoms with Gasteiger partial charge in [-0.2, -0.15) is 0 Å². The van der Waals surface area contributed by atoms with Crippen LogP contribution in [0.15, 0.2) is 12.7 Å². The monoisotopic (exact) mass is 66.1 g/mol. The van der Waals surface area contributed by atoms with Crippen LogP contribution in [0, 0.1) is 0 Å². The normalized spacial score (nSPS) is 5.00. The second kappa shape index (κ2) is 8.85. The molecule has 0 bridgehead atoms. The maximum absolute atomic E-state index is 7.76. The zero-order valence-corrected chi connectivity index (χ0v) is 3.44. The van der Waals surface area contributed by atoms with Crippen LogP contribution in [-0.2, 0) is 0 Å². The van der Waals surface area contributed by atoms with Crippen molar-refractivity contribution in [2.45, 2.75) is 0 Å². The third kappa shape index (κ3) is 13.5. The average Bonchev–Trinajstić information content (AvgIpc) is 1.37. The Balaban J connectivity index is -0.0000000450. The fourth-order valence-corrected chi connectivity index (χ4v) is 0. The van der Waals surface area contributed by atoms with Gasteiger partial charge < -0.3 is 6.53 Å². The van der Waals surface area contributed by atoms with Gasteiger partial charge in [-0.25, -0.2) is 0 Å². The Bertz CT molecular complexity index is 24.8. The molecule has 5 heavy (non-hydrogen) atoms. The Morgan fingerprint density at radius 1 is 2.00 bits per heavy atom. The van der Waals surface area contributed by atoms with E-state index >= 15 is 0 Å². The summed E-state index contributed by atoms with van der Waals surface area (Å²) < 4.78 is 0. The van der Waals surface area contributed by atoms with Crippen LogP contribution in [0.3, 0.4) is 0 Å². The predicted molar refractivity (Wildman–Crippen MR) is 18.4 cm³/mol. The number of hydrogen-bond donors (Lipinski definition) is 1. The van der Waals surface area contributed by atoms with Gasteiger partial charge in [-0.05, 0) is 0 Å². The second-order valence-electron chi connectivity index (χ2n) is 0.471. The van der Waals surface area contributed by atoms with E-state index in [4.69, 9.17) is 5.11 Å².